The zero-order valence-electron chi connectivity index (χ0n) is 30.6. The van der Waals surface area contributed by atoms with Crippen molar-refractivity contribution in [2.45, 2.75) is 174 Å². The van der Waals surface area contributed by atoms with Crippen molar-refractivity contribution in [1.82, 2.24) is 0 Å². The largest absolute Gasteiger partial charge is 0.414 e. The molecule has 3 rings (SSSR count). The molecule has 2 aromatic carbocycles. The van der Waals surface area contributed by atoms with E-state index in [1.54, 1.807) is 0 Å². The molecule has 46 heavy (non-hydrogen) atoms. The van der Waals surface area contributed by atoms with E-state index in [0.29, 0.717) is 16.6 Å². The predicted molar refractivity (Wildman–Crippen MR) is 200 cm³/mol. The molecule has 0 aromatic heterocycles. The van der Waals surface area contributed by atoms with Crippen LogP contribution in [0.15, 0.2) is 60.7 Å². The number of ether oxygens (including phenoxy) is 2. The highest BCUT2D eigenvalue weighted by Gasteiger charge is 2.48. The lowest BCUT2D eigenvalue weighted by Crippen LogP contribution is -2.51. The zero-order chi connectivity index (χ0) is 33.0. The van der Waals surface area contributed by atoms with E-state index in [0.717, 1.165) is 26.4 Å². The molecule has 0 atom stereocenters. The van der Waals surface area contributed by atoms with Gasteiger partial charge in [-0.15, -0.1) is 0 Å². The second kappa shape index (κ2) is 21.5. The van der Waals surface area contributed by atoms with Crippen LogP contribution < -0.4 is 0 Å². The van der Waals surface area contributed by atoms with Gasteiger partial charge in [-0.05, 0) is 73.2 Å². The van der Waals surface area contributed by atoms with E-state index >= 15 is 0 Å². The molecule has 4 heteroatoms. The zero-order valence-corrected chi connectivity index (χ0v) is 31.6. The predicted octanol–water partition coefficient (Wildman–Crippen LogP) is 12.8. The van der Waals surface area contributed by atoms with Gasteiger partial charge in [0.2, 0.25) is 0 Å². The maximum atomic E-state index is 6.86. The van der Waals surface area contributed by atoms with Crippen LogP contribution in [-0.4, -0.2) is 27.6 Å². The molecular weight excluding hydrogens is 581 g/mol. The molecule has 0 radical (unpaired) electrons. The van der Waals surface area contributed by atoms with Crippen molar-refractivity contribution in [2.24, 2.45) is 5.41 Å². The molecule has 0 heterocycles. The maximum absolute atomic E-state index is 6.86. The third kappa shape index (κ3) is 15.6. The van der Waals surface area contributed by atoms with Crippen molar-refractivity contribution < 1.29 is 13.9 Å². The van der Waals surface area contributed by atoms with Crippen LogP contribution >= 0.6 is 0 Å². The van der Waals surface area contributed by atoms with E-state index in [1.165, 1.54) is 127 Å². The van der Waals surface area contributed by atoms with Crippen molar-refractivity contribution in [3.05, 3.63) is 71.8 Å². The van der Waals surface area contributed by atoms with Crippen molar-refractivity contribution >= 4 is 8.32 Å². The summed E-state index contributed by atoms with van der Waals surface area (Å²) in [6.45, 7) is 15.3. The molecule has 1 fully saturated rings. The first-order chi connectivity index (χ1) is 22.2. The van der Waals surface area contributed by atoms with E-state index in [1.807, 2.05) is 0 Å². The second-order valence-electron chi connectivity index (χ2n) is 15.9. The van der Waals surface area contributed by atoms with Gasteiger partial charge in [0.05, 0.1) is 13.2 Å². The lowest BCUT2D eigenvalue weighted by atomic mass is 9.61. The van der Waals surface area contributed by atoms with Crippen LogP contribution in [0.3, 0.4) is 0 Å². The summed E-state index contributed by atoms with van der Waals surface area (Å²) in [5.41, 5.74) is 3.10. The average molecular weight is 651 g/mol. The van der Waals surface area contributed by atoms with Gasteiger partial charge < -0.3 is 13.9 Å². The minimum Gasteiger partial charge on any atom is -0.414 e. The summed E-state index contributed by atoms with van der Waals surface area (Å²) < 4.78 is 18.6. The van der Waals surface area contributed by atoms with Crippen LogP contribution in [0.2, 0.25) is 18.1 Å². The van der Waals surface area contributed by atoms with E-state index in [9.17, 15) is 0 Å². The molecule has 0 aliphatic heterocycles. The Bertz CT molecular complexity index is 947. The highest BCUT2D eigenvalue weighted by atomic mass is 28.4. The second-order valence-corrected chi connectivity index (χ2v) is 20.7. The lowest BCUT2D eigenvalue weighted by Gasteiger charge is -2.52. The summed E-state index contributed by atoms with van der Waals surface area (Å²) in [5, 5.41) is 0.299. The Morgan fingerprint density at radius 3 is 1.33 bits per heavy atom. The van der Waals surface area contributed by atoms with Gasteiger partial charge in [0.25, 0.3) is 0 Å². The fraction of sp³-hybridized carbons (Fsp3) is 0.714. The molecule has 2 aromatic rings. The van der Waals surface area contributed by atoms with Gasteiger partial charge in [-0.1, -0.05) is 158 Å². The minimum atomic E-state index is -1.68. The Balaban J connectivity index is 1.23. The molecule has 1 aliphatic carbocycles. The number of benzene rings is 2. The van der Waals surface area contributed by atoms with Crippen LogP contribution in [0.1, 0.15) is 147 Å². The summed E-state index contributed by atoms with van der Waals surface area (Å²) in [6.07, 6.45) is 24.8. The first kappa shape index (κ1) is 39.0. The first-order valence-corrected chi connectivity index (χ1v) is 22.0. The fourth-order valence-corrected chi connectivity index (χ4v) is 8.17. The standard InChI is InChI=1S/C42H70O3Si/c1-41(2,3)46(4,5)45-40-34-42(35-40,30-22-12-8-6-10-14-24-32-43-36-38-26-18-16-19-27-38)31-23-13-9-7-11-15-25-33-44-37-39-28-20-17-21-29-39/h16-21,26-29,40H,6-15,22-25,30-37H2,1-5H3. The topological polar surface area (TPSA) is 27.7 Å². The molecule has 3 nitrogen and oxygen atoms in total. The number of rotatable bonds is 26. The Morgan fingerprint density at radius 2 is 0.935 bits per heavy atom. The van der Waals surface area contributed by atoms with E-state index in [4.69, 9.17) is 13.9 Å². The Kier molecular flexibility index (Phi) is 18.2. The third-order valence-corrected chi connectivity index (χ3v) is 15.3. The summed E-state index contributed by atoms with van der Waals surface area (Å²) in [6, 6.07) is 21.0. The Morgan fingerprint density at radius 1 is 0.565 bits per heavy atom. The normalized spacial score (nSPS) is 15.2. The monoisotopic (exact) mass is 651 g/mol. The van der Waals surface area contributed by atoms with Gasteiger partial charge in [-0.3, -0.25) is 0 Å². The maximum Gasteiger partial charge on any atom is 0.192 e. The molecule has 0 N–H and O–H groups in total. The van der Waals surface area contributed by atoms with E-state index in [-0.39, 0.29) is 0 Å². The molecule has 260 valence electrons. The minimum absolute atomic E-state index is 0.299. The molecule has 1 aliphatic rings. The SMILES string of the molecule is CC(C)(C)[Si](C)(C)OC1CC(CCCCCCCCCOCc2ccccc2)(CCCCCCCCCOCc2ccccc2)C1. The Hall–Kier alpha value is -1.46. The van der Waals surface area contributed by atoms with Crippen LogP contribution in [0.4, 0.5) is 0 Å². The van der Waals surface area contributed by atoms with Gasteiger partial charge >= 0.3 is 0 Å². The van der Waals surface area contributed by atoms with Crippen LogP contribution in [-0.2, 0) is 27.1 Å². The summed E-state index contributed by atoms with van der Waals surface area (Å²) in [7, 11) is -1.68. The number of hydrogen-bond donors (Lipinski definition) is 0. The van der Waals surface area contributed by atoms with Gasteiger partial charge in [-0.2, -0.15) is 0 Å². The van der Waals surface area contributed by atoms with Gasteiger partial charge in [0.1, 0.15) is 0 Å². The van der Waals surface area contributed by atoms with Crippen LogP contribution in [0.25, 0.3) is 0 Å². The van der Waals surface area contributed by atoms with Crippen LogP contribution in [0.5, 0.6) is 0 Å². The quantitative estimate of drug-likeness (QED) is 0.0749. The smallest absolute Gasteiger partial charge is 0.192 e. The van der Waals surface area contributed by atoms with Gasteiger partial charge in [0, 0.05) is 19.3 Å². The van der Waals surface area contributed by atoms with Crippen molar-refractivity contribution in [2.75, 3.05) is 13.2 Å². The molecule has 0 amide bonds. The Labute approximate surface area is 285 Å². The number of unbranched alkanes of at least 4 members (excludes halogenated alkanes) is 12. The van der Waals surface area contributed by atoms with Crippen molar-refractivity contribution in [3.63, 3.8) is 0 Å². The molecule has 1 saturated carbocycles. The van der Waals surface area contributed by atoms with Crippen molar-refractivity contribution in [1.29, 1.82) is 0 Å². The highest BCUT2D eigenvalue weighted by molar-refractivity contribution is 6.74. The highest BCUT2D eigenvalue weighted by Crippen LogP contribution is 2.52. The molecule has 0 spiro atoms. The fourth-order valence-electron chi connectivity index (χ4n) is 6.82. The van der Waals surface area contributed by atoms with E-state index < -0.39 is 8.32 Å². The molecule has 0 unspecified atom stereocenters. The van der Waals surface area contributed by atoms with Gasteiger partial charge in [-0.25, -0.2) is 0 Å². The lowest BCUT2D eigenvalue weighted by molar-refractivity contribution is -0.0374. The summed E-state index contributed by atoms with van der Waals surface area (Å²) in [4.78, 5) is 0. The molecule has 0 saturated heterocycles. The first-order valence-electron chi connectivity index (χ1n) is 19.1. The molecular formula is C42H70O3Si. The van der Waals surface area contributed by atoms with Gasteiger partial charge in [0.15, 0.2) is 8.32 Å². The summed E-state index contributed by atoms with van der Waals surface area (Å²) in [5.74, 6) is 0. The number of hydrogen-bond acceptors (Lipinski definition) is 3. The van der Waals surface area contributed by atoms with E-state index in [2.05, 4.69) is 94.5 Å². The third-order valence-electron chi connectivity index (χ3n) is 10.8. The van der Waals surface area contributed by atoms with Crippen LogP contribution in [0, 0.1) is 5.41 Å². The molecule has 0 bridgehead atoms. The summed E-state index contributed by atoms with van der Waals surface area (Å²) >= 11 is 0. The van der Waals surface area contributed by atoms with Crippen molar-refractivity contribution in [3.8, 4) is 0 Å². The average Bonchev–Trinajstić information content (AvgIpc) is 3.01.